The van der Waals surface area contributed by atoms with Crippen molar-refractivity contribution in [3.63, 3.8) is 0 Å². The molecule has 1 heteroatoms. The summed E-state index contributed by atoms with van der Waals surface area (Å²) >= 11 is 0. The average Bonchev–Trinajstić information content (AvgIpc) is 2.47. The van der Waals surface area contributed by atoms with Gasteiger partial charge in [-0.15, -0.1) is 0 Å². The van der Waals surface area contributed by atoms with E-state index in [0.29, 0.717) is 5.41 Å². The molecule has 2 rings (SSSR count). The molecule has 14 heavy (non-hydrogen) atoms. The first-order valence-electron chi connectivity index (χ1n) is 5.42. The number of fused-ring (bicyclic) bond motifs is 1. The topological polar surface area (TPSA) is 15.8 Å². The summed E-state index contributed by atoms with van der Waals surface area (Å²) in [5, 5.41) is 0. The molecule has 1 nitrogen and oxygen atoms in total. The monoisotopic (exact) mass is 189 g/mol. The highest BCUT2D eigenvalue weighted by Gasteiger charge is 2.17. The lowest BCUT2D eigenvalue weighted by Crippen LogP contribution is -2.09. The van der Waals surface area contributed by atoms with Gasteiger partial charge in [0.1, 0.15) is 0 Å². The summed E-state index contributed by atoms with van der Waals surface area (Å²) in [5.41, 5.74) is 4.72. The lowest BCUT2D eigenvalue weighted by Gasteiger charge is -2.18. The Morgan fingerprint density at radius 2 is 2.14 bits per heavy atom. The van der Waals surface area contributed by atoms with Gasteiger partial charge in [0.15, 0.2) is 0 Å². The van der Waals surface area contributed by atoms with Crippen LogP contribution in [0.15, 0.2) is 12.3 Å². The third-order valence-corrected chi connectivity index (χ3v) is 2.66. The van der Waals surface area contributed by atoms with Crippen molar-refractivity contribution in [1.29, 1.82) is 0 Å². The summed E-state index contributed by atoms with van der Waals surface area (Å²) in [4.78, 5) is 3.40. The molecule has 0 saturated carbocycles. The number of aromatic amines is 1. The van der Waals surface area contributed by atoms with Crippen molar-refractivity contribution in [2.24, 2.45) is 5.41 Å². The van der Waals surface area contributed by atoms with Crippen LogP contribution in [0.1, 0.15) is 44.0 Å². The number of nitrogens with one attached hydrogen (secondary N) is 1. The summed E-state index contributed by atoms with van der Waals surface area (Å²) in [6, 6.07) is 0. The maximum absolute atomic E-state index is 3.40. The number of aromatic nitrogens is 1. The van der Waals surface area contributed by atoms with Gasteiger partial charge in [-0.1, -0.05) is 32.9 Å². The molecular weight excluding hydrogens is 170 g/mol. The minimum Gasteiger partial charge on any atom is -0.364 e. The number of hydrogen-bond donors (Lipinski definition) is 1. The molecule has 0 bridgehead atoms. The van der Waals surface area contributed by atoms with Crippen molar-refractivity contribution in [1.82, 2.24) is 4.98 Å². The SMILES string of the molecule is CC(C)(C)Cc1c[nH]c2c1C=CCC2. The van der Waals surface area contributed by atoms with Gasteiger partial charge in [-0.3, -0.25) is 0 Å². The molecule has 0 fully saturated rings. The fraction of sp³-hybridized carbons (Fsp3) is 0.538. The normalized spacial score (nSPS) is 15.6. The van der Waals surface area contributed by atoms with Gasteiger partial charge in [-0.05, 0) is 35.8 Å². The third kappa shape index (κ3) is 1.92. The zero-order valence-corrected chi connectivity index (χ0v) is 9.35. The zero-order valence-electron chi connectivity index (χ0n) is 9.35. The third-order valence-electron chi connectivity index (χ3n) is 2.66. The molecule has 0 saturated heterocycles. The van der Waals surface area contributed by atoms with Gasteiger partial charge >= 0.3 is 0 Å². The molecule has 76 valence electrons. The summed E-state index contributed by atoms with van der Waals surface area (Å²) < 4.78 is 0. The van der Waals surface area contributed by atoms with Crippen molar-refractivity contribution in [3.8, 4) is 0 Å². The molecule has 1 aliphatic carbocycles. The van der Waals surface area contributed by atoms with Gasteiger partial charge in [0.2, 0.25) is 0 Å². The van der Waals surface area contributed by atoms with Crippen LogP contribution in [-0.4, -0.2) is 4.98 Å². The molecule has 0 spiro atoms. The minimum absolute atomic E-state index is 0.376. The number of hydrogen-bond acceptors (Lipinski definition) is 0. The molecule has 1 aromatic rings. The molecule has 1 aliphatic rings. The fourth-order valence-corrected chi connectivity index (χ4v) is 2.08. The molecule has 0 atom stereocenters. The van der Waals surface area contributed by atoms with Crippen LogP contribution in [0.3, 0.4) is 0 Å². The zero-order chi connectivity index (χ0) is 10.2. The molecule has 0 aliphatic heterocycles. The molecule has 0 amide bonds. The second kappa shape index (κ2) is 3.30. The maximum Gasteiger partial charge on any atom is 0.0226 e. The highest BCUT2D eigenvalue weighted by molar-refractivity contribution is 5.59. The van der Waals surface area contributed by atoms with E-state index in [1.165, 1.54) is 29.7 Å². The van der Waals surface area contributed by atoms with E-state index >= 15 is 0 Å². The van der Waals surface area contributed by atoms with E-state index in [-0.39, 0.29) is 0 Å². The lowest BCUT2D eigenvalue weighted by atomic mass is 9.86. The molecule has 1 aromatic heterocycles. The average molecular weight is 189 g/mol. The van der Waals surface area contributed by atoms with Gasteiger partial charge in [0.25, 0.3) is 0 Å². The highest BCUT2D eigenvalue weighted by Crippen LogP contribution is 2.28. The molecule has 0 unspecified atom stereocenters. The van der Waals surface area contributed by atoms with E-state index in [4.69, 9.17) is 0 Å². The molecule has 1 heterocycles. The Balaban J connectivity index is 2.28. The predicted octanol–water partition coefficient (Wildman–Crippen LogP) is 3.56. The first-order valence-corrected chi connectivity index (χ1v) is 5.42. The van der Waals surface area contributed by atoms with Crippen molar-refractivity contribution >= 4 is 6.08 Å². The van der Waals surface area contributed by atoms with Crippen LogP contribution < -0.4 is 0 Å². The summed E-state index contributed by atoms with van der Waals surface area (Å²) in [5.74, 6) is 0. The Bertz CT molecular complexity index is 350. The van der Waals surface area contributed by atoms with Crippen molar-refractivity contribution < 1.29 is 0 Å². The Labute approximate surface area is 86.2 Å². The second-order valence-electron chi connectivity index (χ2n) is 5.38. The molecule has 0 radical (unpaired) electrons. The summed E-state index contributed by atoms with van der Waals surface area (Å²) in [7, 11) is 0. The smallest absolute Gasteiger partial charge is 0.0226 e. The van der Waals surface area contributed by atoms with Crippen LogP contribution in [0.25, 0.3) is 6.08 Å². The second-order valence-corrected chi connectivity index (χ2v) is 5.38. The quantitative estimate of drug-likeness (QED) is 0.695. The summed E-state index contributed by atoms with van der Waals surface area (Å²) in [6.45, 7) is 6.87. The van der Waals surface area contributed by atoms with E-state index in [2.05, 4.69) is 44.1 Å². The molecule has 0 aromatic carbocycles. The van der Waals surface area contributed by atoms with Gasteiger partial charge in [-0.2, -0.15) is 0 Å². The van der Waals surface area contributed by atoms with Gasteiger partial charge < -0.3 is 4.98 Å². The molecular formula is C13H19N. The van der Waals surface area contributed by atoms with Crippen LogP contribution in [0.4, 0.5) is 0 Å². The van der Waals surface area contributed by atoms with Crippen LogP contribution in [0, 0.1) is 5.41 Å². The van der Waals surface area contributed by atoms with Gasteiger partial charge in [0.05, 0.1) is 0 Å². The minimum atomic E-state index is 0.376. The van der Waals surface area contributed by atoms with Crippen molar-refractivity contribution in [2.75, 3.05) is 0 Å². The van der Waals surface area contributed by atoms with E-state index in [1.54, 1.807) is 0 Å². The van der Waals surface area contributed by atoms with Crippen LogP contribution >= 0.6 is 0 Å². The first kappa shape index (κ1) is 9.57. The van der Waals surface area contributed by atoms with Crippen LogP contribution in [0.5, 0.6) is 0 Å². The van der Waals surface area contributed by atoms with Crippen molar-refractivity contribution in [2.45, 2.75) is 40.0 Å². The van der Waals surface area contributed by atoms with E-state index in [9.17, 15) is 0 Å². The lowest BCUT2D eigenvalue weighted by molar-refractivity contribution is 0.411. The Morgan fingerprint density at radius 3 is 2.86 bits per heavy atom. The fourth-order valence-electron chi connectivity index (χ4n) is 2.08. The number of rotatable bonds is 1. The van der Waals surface area contributed by atoms with Crippen LogP contribution in [-0.2, 0) is 12.8 Å². The first-order chi connectivity index (χ1) is 6.56. The summed E-state index contributed by atoms with van der Waals surface area (Å²) in [6.07, 6.45) is 10.3. The Kier molecular flexibility index (Phi) is 2.26. The van der Waals surface area contributed by atoms with Crippen LogP contribution in [0.2, 0.25) is 0 Å². The number of aryl methyl sites for hydroxylation is 1. The Hall–Kier alpha value is -0.980. The highest BCUT2D eigenvalue weighted by atomic mass is 14.7. The standard InChI is InChI=1S/C13H19N/c1-13(2,3)8-10-9-14-12-7-5-4-6-11(10)12/h4,6,9,14H,5,7-8H2,1-3H3. The number of H-pyrrole nitrogens is 1. The Morgan fingerprint density at radius 1 is 1.36 bits per heavy atom. The molecule has 1 N–H and O–H groups in total. The van der Waals surface area contributed by atoms with E-state index < -0.39 is 0 Å². The van der Waals surface area contributed by atoms with Crippen molar-refractivity contribution in [3.05, 3.63) is 29.1 Å². The van der Waals surface area contributed by atoms with E-state index in [1.807, 2.05) is 0 Å². The predicted molar refractivity (Wildman–Crippen MR) is 61.3 cm³/mol. The number of allylic oxidation sites excluding steroid dienone is 1. The largest absolute Gasteiger partial charge is 0.364 e. The maximum atomic E-state index is 3.40. The van der Waals surface area contributed by atoms with E-state index in [0.717, 1.165) is 6.42 Å². The van der Waals surface area contributed by atoms with Gasteiger partial charge in [0, 0.05) is 11.9 Å². The van der Waals surface area contributed by atoms with Gasteiger partial charge in [-0.25, -0.2) is 0 Å².